The van der Waals surface area contributed by atoms with Gasteiger partial charge in [-0.15, -0.1) is 11.3 Å². The Balaban J connectivity index is 1.65. The number of rotatable bonds is 9. The number of carbonyl (C=O) groups excluding carboxylic acids is 2. The molecule has 0 radical (unpaired) electrons. The van der Waals surface area contributed by atoms with Crippen LogP contribution in [-0.2, 0) is 9.53 Å². The lowest BCUT2D eigenvalue weighted by Gasteiger charge is -2.28. The lowest BCUT2D eigenvalue weighted by Crippen LogP contribution is -2.41. The highest BCUT2D eigenvalue weighted by atomic mass is 32.1. The van der Waals surface area contributed by atoms with E-state index in [1.54, 1.807) is 6.20 Å². The number of carbonyl (C=O) groups is 2. The van der Waals surface area contributed by atoms with E-state index < -0.39 is 4.92 Å². The number of hydrogen-bond donors (Lipinski definition) is 1. The average molecular weight is 448 g/mol. The molecule has 2 aromatic rings. The van der Waals surface area contributed by atoms with Crippen LogP contribution in [0.5, 0.6) is 0 Å². The number of nitrogens with one attached hydrogen (secondary N) is 1. The number of nitro benzene ring substituents is 1. The summed E-state index contributed by atoms with van der Waals surface area (Å²) >= 11 is 1.36. The number of aromatic nitrogens is 1. The summed E-state index contributed by atoms with van der Waals surface area (Å²) in [6.07, 6.45) is 2.37. The van der Waals surface area contributed by atoms with Crippen LogP contribution in [-0.4, -0.2) is 77.5 Å². The van der Waals surface area contributed by atoms with Gasteiger partial charge in [0.05, 0.1) is 18.1 Å². The van der Waals surface area contributed by atoms with E-state index in [9.17, 15) is 19.7 Å². The molecule has 1 fully saturated rings. The molecule has 0 saturated carbocycles. The van der Waals surface area contributed by atoms with Gasteiger partial charge in [0.15, 0.2) is 5.13 Å². The number of benzene rings is 1. The fraction of sp³-hybridized carbons (Fsp3) is 0.450. The largest absolute Gasteiger partial charge is 0.379 e. The molecule has 166 valence electrons. The lowest BCUT2D eigenvalue weighted by molar-refractivity contribution is -0.384. The maximum atomic E-state index is 13.0. The third-order valence-corrected chi connectivity index (χ3v) is 5.65. The molecular formula is C20H25N5O5S. The highest BCUT2D eigenvalue weighted by Gasteiger charge is 2.21. The van der Waals surface area contributed by atoms with Gasteiger partial charge < -0.3 is 15.0 Å². The molecule has 31 heavy (non-hydrogen) atoms. The van der Waals surface area contributed by atoms with Crippen LogP contribution in [0.2, 0.25) is 0 Å². The minimum atomic E-state index is -0.516. The van der Waals surface area contributed by atoms with Crippen molar-refractivity contribution in [2.24, 2.45) is 0 Å². The zero-order valence-corrected chi connectivity index (χ0v) is 18.1. The molecule has 0 bridgehead atoms. The van der Waals surface area contributed by atoms with Crippen LogP contribution in [0, 0.1) is 17.0 Å². The first-order valence-electron chi connectivity index (χ1n) is 9.98. The predicted molar refractivity (Wildman–Crippen MR) is 116 cm³/mol. The molecule has 0 unspecified atom stereocenters. The number of ether oxygens (including phenoxy) is 1. The molecule has 2 amide bonds. The van der Waals surface area contributed by atoms with E-state index in [2.05, 4.69) is 15.2 Å². The standard InChI is InChI=1S/C20H25N5O5S/c1-15-13-21-20(31-15)22-18(26)14-24(8-2-7-23-9-11-30-12-10-23)19(27)16-3-5-17(6-4-16)25(28)29/h3-6,13H,2,7-12,14H2,1H3,(H,21,22,26). The third kappa shape index (κ3) is 6.81. The van der Waals surface area contributed by atoms with E-state index in [4.69, 9.17) is 4.74 Å². The third-order valence-electron chi connectivity index (χ3n) is 4.82. The number of thiazole rings is 1. The Morgan fingerprint density at radius 3 is 2.61 bits per heavy atom. The summed E-state index contributed by atoms with van der Waals surface area (Å²) in [5.41, 5.74) is 0.210. The van der Waals surface area contributed by atoms with E-state index >= 15 is 0 Å². The number of morpholine rings is 1. The van der Waals surface area contributed by atoms with Gasteiger partial charge in [0.1, 0.15) is 6.54 Å². The summed E-state index contributed by atoms with van der Waals surface area (Å²) in [5, 5.41) is 14.1. The van der Waals surface area contributed by atoms with E-state index in [0.29, 0.717) is 36.9 Å². The second-order valence-electron chi connectivity index (χ2n) is 7.16. The molecule has 1 aliphatic rings. The molecule has 11 heteroatoms. The molecular weight excluding hydrogens is 422 g/mol. The van der Waals surface area contributed by atoms with Gasteiger partial charge in [-0.1, -0.05) is 0 Å². The van der Waals surface area contributed by atoms with Gasteiger partial charge in [0.2, 0.25) is 5.91 Å². The highest BCUT2D eigenvalue weighted by Crippen LogP contribution is 2.17. The Morgan fingerprint density at radius 2 is 2.00 bits per heavy atom. The first-order chi connectivity index (χ1) is 14.9. The van der Waals surface area contributed by atoms with Crippen molar-refractivity contribution < 1.29 is 19.2 Å². The topological polar surface area (TPSA) is 118 Å². The van der Waals surface area contributed by atoms with E-state index in [1.165, 1.54) is 40.5 Å². The minimum Gasteiger partial charge on any atom is -0.379 e. The van der Waals surface area contributed by atoms with Crippen LogP contribution >= 0.6 is 11.3 Å². The van der Waals surface area contributed by atoms with Crippen molar-refractivity contribution in [2.75, 3.05) is 51.3 Å². The van der Waals surface area contributed by atoms with Gasteiger partial charge in [-0.05, 0) is 25.5 Å². The van der Waals surface area contributed by atoms with Crippen molar-refractivity contribution in [3.63, 3.8) is 0 Å². The van der Waals surface area contributed by atoms with E-state index in [0.717, 1.165) is 24.5 Å². The smallest absolute Gasteiger partial charge is 0.269 e. The number of amides is 2. The number of nitrogens with zero attached hydrogens (tertiary/aromatic N) is 4. The van der Waals surface area contributed by atoms with Gasteiger partial charge in [0, 0.05) is 54.9 Å². The van der Waals surface area contributed by atoms with Crippen molar-refractivity contribution in [3.05, 3.63) is 51.0 Å². The SMILES string of the molecule is Cc1cnc(NC(=O)CN(CCCN2CCOCC2)C(=O)c2ccc([N+](=O)[O-])cc2)s1. The molecule has 2 heterocycles. The van der Waals surface area contributed by atoms with Gasteiger partial charge >= 0.3 is 0 Å². The van der Waals surface area contributed by atoms with Crippen molar-refractivity contribution in [2.45, 2.75) is 13.3 Å². The van der Waals surface area contributed by atoms with Crippen LogP contribution in [0.3, 0.4) is 0 Å². The van der Waals surface area contributed by atoms with Crippen molar-refractivity contribution in [1.82, 2.24) is 14.8 Å². The maximum absolute atomic E-state index is 13.0. The Labute approximate surface area is 184 Å². The van der Waals surface area contributed by atoms with Gasteiger partial charge in [-0.3, -0.25) is 24.6 Å². The van der Waals surface area contributed by atoms with Crippen LogP contribution in [0.1, 0.15) is 21.7 Å². The van der Waals surface area contributed by atoms with Crippen LogP contribution in [0.15, 0.2) is 30.5 Å². The van der Waals surface area contributed by atoms with Crippen molar-refractivity contribution in [1.29, 1.82) is 0 Å². The van der Waals surface area contributed by atoms with Crippen LogP contribution in [0.4, 0.5) is 10.8 Å². The average Bonchev–Trinajstić information content (AvgIpc) is 3.17. The second kappa shape index (κ2) is 10.9. The molecule has 0 aliphatic carbocycles. The Kier molecular flexibility index (Phi) is 8.04. The zero-order chi connectivity index (χ0) is 22.2. The fourth-order valence-corrected chi connectivity index (χ4v) is 3.90. The highest BCUT2D eigenvalue weighted by molar-refractivity contribution is 7.15. The molecule has 1 aromatic heterocycles. The first kappa shape index (κ1) is 22.8. The second-order valence-corrected chi connectivity index (χ2v) is 8.40. The number of non-ortho nitro benzene ring substituents is 1. The summed E-state index contributed by atoms with van der Waals surface area (Å²) < 4.78 is 5.35. The normalized spacial score (nSPS) is 14.2. The molecule has 1 saturated heterocycles. The van der Waals surface area contributed by atoms with E-state index in [-0.39, 0.29) is 24.0 Å². The number of aryl methyl sites for hydroxylation is 1. The van der Waals surface area contributed by atoms with E-state index in [1.807, 2.05) is 6.92 Å². The summed E-state index contributed by atoms with van der Waals surface area (Å²) in [6.45, 7) is 6.03. The number of nitro groups is 1. The quantitative estimate of drug-likeness (QED) is 0.462. The van der Waals surface area contributed by atoms with Crippen LogP contribution < -0.4 is 5.32 Å². The first-order valence-corrected chi connectivity index (χ1v) is 10.8. The molecule has 10 nitrogen and oxygen atoms in total. The number of anilines is 1. The predicted octanol–water partition coefficient (Wildman–Crippen LogP) is 2.16. The Hall–Kier alpha value is -2.89. The molecule has 3 rings (SSSR count). The summed E-state index contributed by atoms with van der Waals surface area (Å²) in [6, 6.07) is 5.41. The van der Waals surface area contributed by atoms with Crippen molar-refractivity contribution >= 4 is 34.0 Å². The van der Waals surface area contributed by atoms with Crippen LogP contribution in [0.25, 0.3) is 0 Å². The maximum Gasteiger partial charge on any atom is 0.269 e. The summed E-state index contributed by atoms with van der Waals surface area (Å²) in [4.78, 5) is 44.7. The Bertz CT molecular complexity index is 911. The monoisotopic (exact) mass is 447 g/mol. The molecule has 0 atom stereocenters. The summed E-state index contributed by atoms with van der Waals surface area (Å²) in [7, 11) is 0. The van der Waals surface area contributed by atoms with Gasteiger partial charge in [-0.25, -0.2) is 4.98 Å². The molecule has 1 aliphatic heterocycles. The van der Waals surface area contributed by atoms with Gasteiger partial charge in [-0.2, -0.15) is 0 Å². The molecule has 1 aromatic carbocycles. The zero-order valence-electron chi connectivity index (χ0n) is 17.3. The molecule has 0 spiro atoms. The summed E-state index contributed by atoms with van der Waals surface area (Å²) in [5.74, 6) is -0.682. The lowest BCUT2D eigenvalue weighted by atomic mass is 10.1. The van der Waals surface area contributed by atoms with Gasteiger partial charge in [0.25, 0.3) is 11.6 Å². The fourth-order valence-electron chi connectivity index (χ4n) is 3.22. The Morgan fingerprint density at radius 1 is 1.29 bits per heavy atom. The minimum absolute atomic E-state index is 0.0905. The number of hydrogen-bond acceptors (Lipinski definition) is 8. The molecule has 1 N–H and O–H groups in total. The van der Waals surface area contributed by atoms with Crippen molar-refractivity contribution in [3.8, 4) is 0 Å².